The molecule has 0 aliphatic heterocycles. The molecule has 0 radical (unpaired) electrons. The molecule has 1 aromatic carbocycles. The quantitative estimate of drug-likeness (QED) is 0.786. The van der Waals surface area contributed by atoms with Crippen molar-refractivity contribution in [3.63, 3.8) is 0 Å². The van der Waals surface area contributed by atoms with Gasteiger partial charge in [-0.15, -0.1) is 0 Å². The van der Waals surface area contributed by atoms with Gasteiger partial charge >= 0.3 is 0 Å². The van der Waals surface area contributed by atoms with E-state index in [1.807, 2.05) is 25.3 Å². The van der Waals surface area contributed by atoms with Crippen molar-refractivity contribution in [2.45, 2.75) is 18.2 Å². The molecule has 1 atom stereocenters. The standard InChI is InChI=1S/C15H15BrFNO/c1-10-6-7-11(18-9-10)8-12(16)15-13(17)4-3-5-14(15)19-2/h3-7,9,12H,8H2,1-2H3. The molecule has 0 aliphatic rings. The number of hydrogen-bond acceptors (Lipinski definition) is 2. The first kappa shape index (κ1) is 14.0. The zero-order chi connectivity index (χ0) is 13.8. The minimum Gasteiger partial charge on any atom is -0.496 e. The van der Waals surface area contributed by atoms with Crippen LogP contribution in [0.25, 0.3) is 0 Å². The zero-order valence-electron chi connectivity index (χ0n) is 10.9. The van der Waals surface area contributed by atoms with E-state index in [-0.39, 0.29) is 10.6 Å². The summed E-state index contributed by atoms with van der Waals surface area (Å²) in [7, 11) is 1.54. The van der Waals surface area contributed by atoms with Crippen molar-refractivity contribution in [1.29, 1.82) is 0 Å². The summed E-state index contributed by atoms with van der Waals surface area (Å²) >= 11 is 3.52. The maximum Gasteiger partial charge on any atom is 0.131 e. The topological polar surface area (TPSA) is 22.1 Å². The van der Waals surface area contributed by atoms with Crippen LogP contribution in [0.1, 0.15) is 21.6 Å². The summed E-state index contributed by atoms with van der Waals surface area (Å²) in [6.45, 7) is 1.99. The highest BCUT2D eigenvalue weighted by molar-refractivity contribution is 9.09. The molecule has 0 amide bonds. The highest BCUT2D eigenvalue weighted by Gasteiger charge is 2.18. The third kappa shape index (κ3) is 3.32. The van der Waals surface area contributed by atoms with Crippen molar-refractivity contribution in [3.05, 3.63) is 59.2 Å². The fourth-order valence-corrected chi connectivity index (χ4v) is 2.68. The summed E-state index contributed by atoms with van der Waals surface area (Å²) in [4.78, 5) is 4.17. The molecule has 2 aromatic rings. The summed E-state index contributed by atoms with van der Waals surface area (Å²) in [5.74, 6) is 0.280. The minimum atomic E-state index is -0.270. The Bertz CT molecular complexity index is 557. The van der Waals surface area contributed by atoms with Gasteiger partial charge in [-0.2, -0.15) is 0 Å². The van der Waals surface area contributed by atoms with E-state index < -0.39 is 0 Å². The Balaban J connectivity index is 2.24. The Morgan fingerprint density at radius 3 is 2.74 bits per heavy atom. The number of aromatic nitrogens is 1. The number of ether oxygens (including phenoxy) is 1. The summed E-state index contributed by atoms with van der Waals surface area (Å²) < 4.78 is 19.1. The second kappa shape index (κ2) is 6.15. The fraction of sp³-hybridized carbons (Fsp3) is 0.267. The van der Waals surface area contributed by atoms with Crippen molar-refractivity contribution in [1.82, 2.24) is 4.98 Å². The van der Waals surface area contributed by atoms with Gasteiger partial charge in [-0.1, -0.05) is 28.1 Å². The molecule has 1 unspecified atom stereocenters. The van der Waals surface area contributed by atoms with E-state index in [1.165, 1.54) is 6.07 Å². The molecule has 0 spiro atoms. The lowest BCUT2D eigenvalue weighted by Gasteiger charge is -2.15. The molecule has 0 N–H and O–H groups in total. The number of halogens is 2. The van der Waals surface area contributed by atoms with Crippen LogP contribution in [0.15, 0.2) is 36.5 Å². The highest BCUT2D eigenvalue weighted by atomic mass is 79.9. The van der Waals surface area contributed by atoms with Crippen molar-refractivity contribution in [2.75, 3.05) is 7.11 Å². The Hall–Kier alpha value is -1.42. The van der Waals surface area contributed by atoms with Gasteiger partial charge in [0, 0.05) is 23.9 Å². The van der Waals surface area contributed by atoms with Gasteiger partial charge < -0.3 is 4.74 Å². The van der Waals surface area contributed by atoms with Gasteiger partial charge in [0.1, 0.15) is 11.6 Å². The van der Waals surface area contributed by atoms with Crippen LogP contribution in [-0.4, -0.2) is 12.1 Å². The van der Waals surface area contributed by atoms with Gasteiger partial charge in [0.15, 0.2) is 0 Å². The van der Waals surface area contributed by atoms with Crippen LogP contribution in [0.2, 0.25) is 0 Å². The number of methoxy groups -OCH3 is 1. The summed E-state index contributed by atoms with van der Waals surface area (Å²) in [6, 6.07) is 8.79. The van der Waals surface area contributed by atoms with E-state index in [1.54, 1.807) is 19.2 Å². The van der Waals surface area contributed by atoms with E-state index in [2.05, 4.69) is 20.9 Å². The molecular weight excluding hydrogens is 309 g/mol. The Morgan fingerprint density at radius 1 is 1.32 bits per heavy atom. The molecule has 2 nitrogen and oxygen atoms in total. The third-order valence-corrected chi connectivity index (χ3v) is 3.69. The molecule has 1 aromatic heterocycles. The van der Waals surface area contributed by atoms with Gasteiger partial charge in [-0.3, -0.25) is 4.98 Å². The molecule has 1 heterocycles. The molecular formula is C15H15BrFNO. The van der Waals surface area contributed by atoms with Crippen molar-refractivity contribution < 1.29 is 9.13 Å². The Kier molecular flexibility index (Phi) is 4.53. The number of alkyl halides is 1. The van der Waals surface area contributed by atoms with Crippen LogP contribution >= 0.6 is 15.9 Å². The van der Waals surface area contributed by atoms with Crippen LogP contribution in [0.3, 0.4) is 0 Å². The number of pyridine rings is 1. The zero-order valence-corrected chi connectivity index (χ0v) is 12.4. The van der Waals surface area contributed by atoms with Gasteiger partial charge in [-0.25, -0.2) is 4.39 Å². The average molecular weight is 324 g/mol. The molecule has 0 bridgehead atoms. The smallest absolute Gasteiger partial charge is 0.131 e. The van der Waals surface area contributed by atoms with E-state index in [0.29, 0.717) is 17.7 Å². The van der Waals surface area contributed by atoms with Crippen molar-refractivity contribution in [3.8, 4) is 5.75 Å². The third-order valence-electron chi connectivity index (χ3n) is 2.91. The van der Waals surface area contributed by atoms with Gasteiger partial charge in [0.25, 0.3) is 0 Å². The first-order valence-electron chi connectivity index (χ1n) is 6.00. The van der Waals surface area contributed by atoms with E-state index in [0.717, 1.165) is 11.3 Å². The van der Waals surface area contributed by atoms with E-state index in [4.69, 9.17) is 4.74 Å². The van der Waals surface area contributed by atoms with Crippen LogP contribution in [0.5, 0.6) is 5.75 Å². The summed E-state index contributed by atoms with van der Waals surface area (Å²) in [5.41, 5.74) is 2.56. The van der Waals surface area contributed by atoms with E-state index >= 15 is 0 Å². The molecule has 2 rings (SSSR count). The lowest BCUT2D eigenvalue weighted by atomic mass is 10.1. The lowest BCUT2D eigenvalue weighted by Crippen LogP contribution is -2.03. The van der Waals surface area contributed by atoms with Crippen LogP contribution in [0.4, 0.5) is 4.39 Å². The van der Waals surface area contributed by atoms with Crippen LogP contribution in [-0.2, 0) is 6.42 Å². The normalized spacial score (nSPS) is 12.2. The summed E-state index contributed by atoms with van der Waals surface area (Å²) in [6.07, 6.45) is 2.42. The lowest BCUT2D eigenvalue weighted by molar-refractivity contribution is 0.404. The maximum absolute atomic E-state index is 13.9. The fourth-order valence-electron chi connectivity index (χ4n) is 1.90. The number of benzene rings is 1. The average Bonchev–Trinajstić information content (AvgIpc) is 2.40. The Morgan fingerprint density at radius 2 is 2.11 bits per heavy atom. The molecule has 0 fully saturated rings. The number of nitrogens with zero attached hydrogens (tertiary/aromatic N) is 1. The van der Waals surface area contributed by atoms with Crippen molar-refractivity contribution in [2.24, 2.45) is 0 Å². The molecule has 100 valence electrons. The monoisotopic (exact) mass is 323 g/mol. The van der Waals surface area contributed by atoms with Crippen LogP contribution < -0.4 is 4.74 Å². The second-order valence-corrected chi connectivity index (χ2v) is 5.46. The molecule has 0 aliphatic carbocycles. The maximum atomic E-state index is 13.9. The van der Waals surface area contributed by atoms with Gasteiger partial charge in [0.05, 0.1) is 11.9 Å². The first-order valence-corrected chi connectivity index (χ1v) is 6.91. The predicted molar refractivity (Wildman–Crippen MR) is 77.3 cm³/mol. The Labute approximate surface area is 120 Å². The van der Waals surface area contributed by atoms with Gasteiger partial charge in [0.2, 0.25) is 0 Å². The first-order chi connectivity index (χ1) is 9.11. The molecule has 0 saturated heterocycles. The SMILES string of the molecule is COc1cccc(F)c1C(Br)Cc1ccc(C)cn1. The molecule has 4 heteroatoms. The minimum absolute atomic E-state index is 0.168. The van der Waals surface area contributed by atoms with Crippen molar-refractivity contribution >= 4 is 15.9 Å². The number of rotatable bonds is 4. The molecule has 19 heavy (non-hydrogen) atoms. The predicted octanol–water partition coefficient (Wildman–Crippen LogP) is 4.22. The number of hydrogen-bond donors (Lipinski definition) is 0. The summed E-state index contributed by atoms with van der Waals surface area (Å²) in [5, 5.41) is 0. The highest BCUT2D eigenvalue weighted by Crippen LogP contribution is 2.35. The van der Waals surface area contributed by atoms with Crippen LogP contribution in [0, 0.1) is 12.7 Å². The second-order valence-electron chi connectivity index (χ2n) is 4.35. The largest absolute Gasteiger partial charge is 0.496 e. The molecule has 0 saturated carbocycles. The number of aryl methyl sites for hydroxylation is 1. The van der Waals surface area contributed by atoms with E-state index in [9.17, 15) is 4.39 Å². The van der Waals surface area contributed by atoms with Gasteiger partial charge in [-0.05, 0) is 30.7 Å².